The number of amides is 2. The van der Waals surface area contributed by atoms with Crippen LogP contribution in [-0.2, 0) is 16.4 Å². The predicted molar refractivity (Wildman–Crippen MR) is 115 cm³/mol. The Hall–Kier alpha value is -2.61. The van der Waals surface area contributed by atoms with Gasteiger partial charge in [0.15, 0.2) is 9.84 Å². The zero-order valence-electron chi connectivity index (χ0n) is 16.7. The van der Waals surface area contributed by atoms with Crippen LogP contribution in [0.15, 0.2) is 47.5 Å². The number of carbonyl (C=O) groups is 1. The van der Waals surface area contributed by atoms with E-state index in [9.17, 15) is 13.2 Å². The van der Waals surface area contributed by atoms with Gasteiger partial charge in [-0.25, -0.2) is 18.2 Å². The quantitative estimate of drug-likeness (QED) is 0.751. The molecule has 1 aromatic heterocycles. The zero-order valence-corrected chi connectivity index (χ0v) is 17.5. The molecule has 29 heavy (non-hydrogen) atoms. The molecule has 3 rings (SSSR count). The summed E-state index contributed by atoms with van der Waals surface area (Å²) in [6, 6.07) is 9.85. The fourth-order valence-corrected chi connectivity index (χ4v) is 4.23. The molecule has 8 heteroatoms. The zero-order chi connectivity index (χ0) is 20.7. The van der Waals surface area contributed by atoms with Crippen LogP contribution in [0, 0.1) is 0 Å². The summed E-state index contributed by atoms with van der Waals surface area (Å²) in [4.78, 5) is 19.2. The lowest BCUT2D eigenvalue weighted by molar-refractivity contribution is 0.251. The smallest absolute Gasteiger partial charge is 0.319 e. The van der Waals surface area contributed by atoms with E-state index < -0.39 is 15.9 Å². The van der Waals surface area contributed by atoms with Gasteiger partial charge >= 0.3 is 6.03 Å². The van der Waals surface area contributed by atoms with Crippen molar-refractivity contribution in [3.05, 3.63) is 48.2 Å². The van der Waals surface area contributed by atoms with E-state index in [4.69, 9.17) is 0 Å². The second-order valence-electron chi connectivity index (χ2n) is 7.16. The molecule has 0 radical (unpaired) electrons. The van der Waals surface area contributed by atoms with Crippen molar-refractivity contribution in [1.82, 2.24) is 10.3 Å². The van der Waals surface area contributed by atoms with Crippen molar-refractivity contribution in [3.63, 3.8) is 0 Å². The molecule has 2 heterocycles. The Labute approximate surface area is 172 Å². The maximum Gasteiger partial charge on any atom is 0.319 e. The van der Waals surface area contributed by atoms with E-state index in [1.165, 1.54) is 37.8 Å². The molecule has 2 N–H and O–H groups in total. The first-order valence-electron chi connectivity index (χ1n) is 10.1. The highest BCUT2D eigenvalue weighted by atomic mass is 32.2. The van der Waals surface area contributed by atoms with Gasteiger partial charge < -0.3 is 15.5 Å². The number of nitrogens with one attached hydrogen (secondary N) is 2. The number of pyridine rings is 1. The molecule has 1 fully saturated rings. The first-order valence-corrected chi connectivity index (χ1v) is 11.7. The lowest BCUT2D eigenvalue weighted by Gasteiger charge is -2.21. The highest BCUT2D eigenvalue weighted by molar-refractivity contribution is 7.91. The topological polar surface area (TPSA) is 91.4 Å². The third-order valence-electron chi connectivity index (χ3n) is 5.02. The summed E-state index contributed by atoms with van der Waals surface area (Å²) in [5.74, 6) is 0.998. The normalized spacial score (nSPS) is 14.9. The third-order valence-corrected chi connectivity index (χ3v) is 6.76. The molecule has 0 aliphatic carbocycles. The summed E-state index contributed by atoms with van der Waals surface area (Å²) in [6.07, 6.45) is 6.74. The number of sulfone groups is 1. The molecule has 1 aliphatic rings. The fraction of sp³-hybridized carbons (Fsp3) is 0.429. The second kappa shape index (κ2) is 9.73. The van der Waals surface area contributed by atoms with Gasteiger partial charge in [0.25, 0.3) is 0 Å². The van der Waals surface area contributed by atoms with Gasteiger partial charge in [0.05, 0.1) is 10.6 Å². The number of rotatable bonds is 6. The Bertz CT molecular complexity index is 921. The minimum Gasteiger partial charge on any atom is -0.357 e. The van der Waals surface area contributed by atoms with Crippen molar-refractivity contribution in [3.8, 4) is 0 Å². The van der Waals surface area contributed by atoms with E-state index in [1.807, 2.05) is 12.1 Å². The monoisotopic (exact) mass is 416 g/mol. The van der Waals surface area contributed by atoms with E-state index in [2.05, 4.69) is 20.5 Å². The molecular weight excluding hydrogens is 388 g/mol. The van der Waals surface area contributed by atoms with Crippen LogP contribution in [0.3, 0.4) is 0 Å². The number of aromatic nitrogens is 1. The molecule has 1 aromatic carbocycles. The lowest BCUT2D eigenvalue weighted by Crippen LogP contribution is -2.28. The minimum absolute atomic E-state index is 0.0169. The van der Waals surface area contributed by atoms with Crippen molar-refractivity contribution in [2.24, 2.45) is 0 Å². The average Bonchev–Trinajstić information content (AvgIpc) is 3.02. The molecule has 156 valence electrons. The van der Waals surface area contributed by atoms with Gasteiger partial charge in [-0.1, -0.05) is 31.9 Å². The summed E-state index contributed by atoms with van der Waals surface area (Å²) in [5.41, 5.74) is 1.34. The first-order chi connectivity index (χ1) is 14.0. The van der Waals surface area contributed by atoms with Crippen LogP contribution in [0.1, 0.15) is 38.2 Å². The van der Waals surface area contributed by atoms with Crippen LogP contribution < -0.4 is 15.5 Å². The molecule has 0 saturated carbocycles. The van der Waals surface area contributed by atoms with Gasteiger partial charge in [0.1, 0.15) is 5.82 Å². The van der Waals surface area contributed by atoms with E-state index in [0.29, 0.717) is 12.2 Å². The van der Waals surface area contributed by atoms with Crippen molar-refractivity contribution in [2.75, 3.05) is 29.1 Å². The minimum atomic E-state index is -3.31. The number of urea groups is 1. The Morgan fingerprint density at radius 1 is 1.10 bits per heavy atom. The van der Waals surface area contributed by atoms with Crippen LogP contribution in [0.25, 0.3) is 0 Å². The highest BCUT2D eigenvalue weighted by Crippen LogP contribution is 2.18. The van der Waals surface area contributed by atoms with Crippen LogP contribution in [0.4, 0.5) is 16.3 Å². The standard InChI is InChI=1S/C21H28N4O3S/c1-2-29(27,28)19-9-7-8-18(14-19)24-21(26)23-16-17-10-11-20(22-15-17)25-12-5-3-4-6-13-25/h7-11,14-15H,2-6,12-13,16H2,1H3,(H2,23,24,26). The van der Waals surface area contributed by atoms with Gasteiger partial charge in [0.2, 0.25) is 0 Å². The van der Waals surface area contributed by atoms with Crippen LogP contribution >= 0.6 is 0 Å². The molecular formula is C21H28N4O3S. The number of carbonyl (C=O) groups excluding carboxylic acids is 1. The number of hydrogen-bond donors (Lipinski definition) is 2. The molecule has 0 atom stereocenters. The van der Waals surface area contributed by atoms with E-state index in [0.717, 1.165) is 24.5 Å². The number of anilines is 2. The summed E-state index contributed by atoms with van der Waals surface area (Å²) < 4.78 is 23.9. The Balaban J connectivity index is 1.53. The fourth-order valence-electron chi connectivity index (χ4n) is 3.30. The molecule has 1 saturated heterocycles. The van der Waals surface area contributed by atoms with E-state index in [-0.39, 0.29) is 10.6 Å². The predicted octanol–water partition coefficient (Wildman–Crippen LogP) is 3.58. The maximum atomic E-state index is 12.2. The van der Waals surface area contributed by atoms with Crippen molar-refractivity contribution in [2.45, 2.75) is 44.0 Å². The van der Waals surface area contributed by atoms with Crippen molar-refractivity contribution >= 4 is 27.4 Å². The van der Waals surface area contributed by atoms with Gasteiger partial charge in [0, 0.05) is 31.5 Å². The molecule has 2 aromatic rings. The van der Waals surface area contributed by atoms with Gasteiger partial charge in [-0.2, -0.15) is 0 Å². The first kappa shape index (κ1) is 21.1. The second-order valence-corrected chi connectivity index (χ2v) is 9.44. The summed E-state index contributed by atoms with van der Waals surface area (Å²) in [5, 5.41) is 5.45. The van der Waals surface area contributed by atoms with Crippen LogP contribution in [0.5, 0.6) is 0 Å². The SMILES string of the molecule is CCS(=O)(=O)c1cccc(NC(=O)NCc2ccc(N3CCCCCC3)nc2)c1. The Morgan fingerprint density at radius 2 is 1.86 bits per heavy atom. The molecule has 7 nitrogen and oxygen atoms in total. The maximum absolute atomic E-state index is 12.2. The van der Waals surface area contributed by atoms with Gasteiger partial charge in [-0.05, 0) is 42.7 Å². The Kier molecular flexibility index (Phi) is 7.09. The molecule has 2 amide bonds. The Morgan fingerprint density at radius 3 is 2.52 bits per heavy atom. The third kappa shape index (κ3) is 5.93. The van der Waals surface area contributed by atoms with Crippen LogP contribution in [-0.4, -0.2) is 38.3 Å². The van der Waals surface area contributed by atoms with Gasteiger partial charge in [-0.15, -0.1) is 0 Å². The highest BCUT2D eigenvalue weighted by Gasteiger charge is 2.13. The van der Waals surface area contributed by atoms with Crippen molar-refractivity contribution < 1.29 is 13.2 Å². The molecule has 0 spiro atoms. The van der Waals surface area contributed by atoms with Gasteiger partial charge in [-0.3, -0.25) is 0 Å². The molecule has 1 aliphatic heterocycles. The summed E-state index contributed by atoms with van der Waals surface area (Å²) in [7, 11) is -3.31. The number of hydrogen-bond acceptors (Lipinski definition) is 5. The van der Waals surface area contributed by atoms with Crippen molar-refractivity contribution in [1.29, 1.82) is 0 Å². The lowest BCUT2D eigenvalue weighted by atomic mass is 10.2. The summed E-state index contributed by atoms with van der Waals surface area (Å²) >= 11 is 0. The average molecular weight is 417 g/mol. The molecule has 0 bridgehead atoms. The van der Waals surface area contributed by atoms with E-state index >= 15 is 0 Å². The summed E-state index contributed by atoms with van der Waals surface area (Å²) in [6.45, 7) is 4.01. The van der Waals surface area contributed by atoms with E-state index in [1.54, 1.807) is 25.3 Å². The molecule has 0 unspecified atom stereocenters. The largest absolute Gasteiger partial charge is 0.357 e. The number of nitrogens with zero attached hydrogens (tertiary/aromatic N) is 2. The van der Waals surface area contributed by atoms with Crippen LogP contribution in [0.2, 0.25) is 0 Å². The number of benzene rings is 1.